The molecule has 2 aliphatic rings. The van der Waals surface area contributed by atoms with Gasteiger partial charge >= 0.3 is 0 Å². The van der Waals surface area contributed by atoms with Crippen LogP contribution in [0.2, 0.25) is 0 Å². The minimum atomic E-state index is 0.556. The second-order valence-electron chi connectivity index (χ2n) is 16.3. The van der Waals surface area contributed by atoms with Crippen LogP contribution in [0.3, 0.4) is 0 Å². The van der Waals surface area contributed by atoms with Gasteiger partial charge in [-0.25, -0.2) is 15.0 Å². The Hall–Kier alpha value is -8.27. The van der Waals surface area contributed by atoms with Gasteiger partial charge in [0.15, 0.2) is 17.5 Å². The van der Waals surface area contributed by atoms with E-state index in [0.29, 0.717) is 23.9 Å². The molecule has 13 rings (SSSR count). The zero-order chi connectivity index (χ0) is 41.4. The average molecular weight is 808 g/mol. The third-order valence-corrected chi connectivity index (χ3v) is 12.7. The number of rotatable bonds is 5. The van der Waals surface area contributed by atoms with Crippen LogP contribution >= 0.6 is 0 Å². The number of aromatic nitrogens is 5. The van der Waals surface area contributed by atoms with Crippen LogP contribution in [-0.4, -0.2) is 24.1 Å². The van der Waals surface area contributed by atoms with Gasteiger partial charge in [0.1, 0.15) is 11.2 Å². The summed E-state index contributed by atoms with van der Waals surface area (Å²) in [6.45, 7) is 0. The topological polar surface area (TPSA) is 61.7 Å². The highest BCUT2D eigenvalue weighted by atomic mass is 16.3. The van der Waals surface area contributed by atoms with Gasteiger partial charge in [-0.15, -0.1) is 0 Å². The Balaban J connectivity index is 1.12. The zero-order valence-electron chi connectivity index (χ0n) is 34.2. The van der Waals surface area contributed by atoms with Crippen molar-refractivity contribution in [2.45, 2.75) is 25.7 Å². The third-order valence-electron chi connectivity index (χ3n) is 12.7. The van der Waals surface area contributed by atoms with Crippen LogP contribution in [0.5, 0.6) is 0 Å². The van der Waals surface area contributed by atoms with Crippen LogP contribution < -0.4 is 0 Å². The van der Waals surface area contributed by atoms with E-state index in [4.69, 9.17) is 19.4 Å². The summed E-state index contributed by atoms with van der Waals surface area (Å²) >= 11 is 0. The lowest BCUT2D eigenvalue weighted by Crippen LogP contribution is -2.07. The van der Waals surface area contributed by atoms with Gasteiger partial charge in [0.05, 0.1) is 27.8 Å². The van der Waals surface area contributed by atoms with E-state index in [-0.39, 0.29) is 0 Å². The average Bonchev–Trinajstić information content (AvgIpc) is 3.99. The Morgan fingerprint density at radius 2 is 1.30 bits per heavy atom. The Kier molecular flexibility index (Phi) is 7.97. The Morgan fingerprint density at radius 1 is 0.556 bits per heavy atom. The molecular formula is C57H37N5O. The zero-order valence-corrected chi connectivity index (χ0v) is 34.2. The minimum Gasteiger partial charge on any atom is -0.455 e. The van der Waals surface area contributed by atoms with Crippen LogP contribution in [0.1, 0.15) is 30.5 Å². The summed E-state index contributed by atoms with van der Waals surface area (Å²) in [6, 6.07) is 51.3. The molecule has 6 nitrogen and oxygen atoms in total. The van der Waals surface area contributed by atoms with Crippen molar-refractivity contribution in [3.63, 3.8) is 0 Å². The molecule has 6 heteroatoms. The molecule has 0 saturated carbocycles. The normalized spacial score (nSPS) is 15.1. The van der Waals surface area contributed by atoms with Crippen LogP contribution in [-0.2, 0) is 6.42 Å². The van der Waals surface area contributed by atoms with Gasteiger partial charge in [0.2, 0.25) is 0 Å². The van der Waals surface area contributed by atoms with Crippen molar-refractivity contribution in [3.05, 3.63) is 181 Å². The maximum absolute atomic E-state index is 6.60. The summed E-state index contributed by atoms with van der Waals surface area (Å²) in [7, 11) is 0. The molecule has 0 bridgehead atoms. The first-order valence-electron chi connectivity index (χ1n) is 21.6. The molecule has 2 aliphatic carbocycles. The molecule has 11 aromatic rings. The van der Waals surface area contributed by atoms with E-state index in [1.807, 2.05) is 18.2 Å². The molecule has 0 spiro atoms. The van der Waals surface area contributed by atoms with Gasteiger partial charge < -0.3 is 13.6 Å². The van der Waals surface area contributed by atoms with Crippen LogP contribution in [0, 0.1) is 11.8 Å². The Labute approximate surface area is 362 Å². The van der Waals surface area contributed by atoms with Crippen molar-refractivity contribution in [3.8, 4) is 51.7 Å². The number of benzene rings is 7. The van der Waals surface area contributed by atoms with Crippen LogP contribution in [0.25, 0.3) is 117 Å². The first-order valence-corrected chi connectivity index (χ1v) is 21.6. The van der Waals surface area contributed by atoms with Gasteiger partial charge in [0, 0.05) is 67.9 Å². The van der Waals surface area contributed by atoms with Crippen LogP contribution in [0.4, 0.5) is 0 Å². The molecule has 296 valence electrons. The predicted octanol–water partition coefficient (Wildman–Crippen LogP) is 14.1. The summed E-state index contributed by atoms with van der Waals surface area (Å²) in [4.78, 5) is 16.1. The van der Waals surface area contributed by atoms with Gasteiger partial charge in [0.25, 0.3) is 0 Å². The van der Waals surface area contributed by atoms with Crippen molar-refractivity contribution < 1.29 is 4.42 Å². The quantitative estimate of drug-likeness (QED) is 0.163. The fourth-order valence-corrected chi connectivity index (χ4v) is 9.93. The standard InChI is InChI=1S/C57H37N5O/c1-2-4-19-39(20-5-3-1)61-48-29-11-8-22-41(48)44-25-16-31-50(53(44)61)62-49-30-12-9-21-40(49)43-24-14-27-46(52(43)62)56-58-55(38-34-33-36-17-6-7-18-37(36)35-38)59-57(60-56)47-28-15-26-45-42-23-10-13-32-51(42)63-54(45)47/h2,4,6-11,13-19,21-29,31-35H,1,12,20,30H2/b4-2-,39-19+. The molecule has 4 heterocycles. The number of furan rings is 1. The van der Waals surface area contributed by atoms with Gasteiger partial charge in [-0.1, -0.05) is 145 Å². The smallest absolute Gasteiger partial charge is 0.167 e. The number of hydrogen-bond acceptors (Lipinski definition) is 4. The molecular weight excluding hydrogens is 771 g/mol. The highest BCUT2D eigenvalue weighted by molar-refractivity contribution is 6.14. The molecule has 0 N–H and O–H groups in total. The van der Waals surface area contributed by atoms with Crippen LogP contribution in [0.15, 0.2) is 174 Å². The van der Waals surface area contributed by atoms with Crippen molar-refractivity contribution in [2.24, 2.45) is 0 Å². The van der Waals surface area contributed by atoms with Crippen molar-refractivity contribution in [1.29, 1.82) is 0 Å². The molecule has 63 heavy (non-hydrogen) atoms. The summed E-state index contributed by atoms with van der Waals surface area (Å²) < 4.78 is 11.5. The van der Waals surface area contributed by atoms with E-state index in [1.165, 1.54) is 22.0 Å². The molecule has 4 aromatic heterocycles. The van der Waals surface area contributed by atoms with E-state index in [9.17, 15) is 0 Å². The van der Waals surface area contributed by atoms with Crippen molar-refractivity contribution >= 4 is 77.2 Å². The first kappa shape index (κ1) is 35.5. The number of nitrogens with zero attached hydrogens (tertiary/aromatic N) is 5. The fourth-order valence-electron chi connectivity index (χ4n) is 9.93. The largest absolute Gasteiger partial charge is 0.455 e. The lowest BCUT2D eigenvalue weighted by Gasteiger charge is -2.19. The fraction of sp³-hybridized carbons (Fsp3) is 0.0702. The molecule has 0 aliphatic heterocycles. The van der Waals surface area contributed by atoms with Crippen molar-refractivity contribution in [1.82, 2.24) is 24.1 Å². The van der Waals surface area contributed by atoms with E-state index in [1.54, 1.807) is 0 Å². The van der Waals surface area contributed by atoms with Gasteiger partial charge in [-0.2, -0.15) is 0 Å². The van der Waals surface area contributed by atoms with E-state index < -0.39 is 0 Å². The number of allylic oxidation sites excluding steroid dienone is 5. The lowest BCUT2D eigenvalue weighted by atomic mass is 10.0. The number of fused-ring (bicyclic) bond motifs is 10. The lowest BCUT2D eigenvalue weighted by molar-refractivity contribution is 0.669. The van der Waals surface area contributed by atoms with Gasteiger partial charge in [-0.05, 0) is 66.1 Å². The molecule has 0 unspecified atom stereocenters. The number of hydrogen-bond donors (Lipinski definition) is 0. The maximum atomic E-state index is 6.60. The molecule has 0 saturated heterocycles. The SMILES string of the molecule is C1#CC/C(n2c3ccccc3c3cccc(-n4c5c(c6cccc(-c7nc(-c8ccc9ccccc9c8)nc(-c8cccc9c8oc8ccccc89)n7)c64)C=CCC5)c32)=C\C=C/C1. The predicted molar refractivity (Wildman–Crippen MR) is 259 cm³/mol. The molecule has 0 radical (unpaired) electrons. The van der Waals surface area contributed by atoms with E-state index >= 15 is 0 Å². The highest BCUT2D eigenvalue weighted by Crippen LogP contribution is 2.44. The summed E-state index contributed by atoms with van der Waals surface area (Å²) in [5, 5.41) is 7.93. The summed E-state index contributed by atoms with van der Waals surface area (Å²) in [6.07, 6.45) is 14.4. The molecule has 0 fully saturated rings. The highest BCUT2D eigenvalue weighted by Gasteiger charge is 2.27. The van der Waals surface area contributed by atoms with E-state index in [0.717, 1.165) is 102 Å². The first-order chi connectivity index (χ1) is 31.3. The number of para-hydroxylation sites is 5. The second-order valence-corrected chi connectivity index (χ2v) is 16.3. The Bertz CT molecular complexity index is 3880. The monoisotopic (exact) mass is 807 g/mol. The van der Waals surface area contributed by atoms with E-state index in [2.05, 4.69) is 179 Å². The van der Waals surface area contributed by atoms with Gasteiger partial charge in [-0.3, -0.25) is 0 Å². The molecule has 7 aromatic carbocycles. The third kappa shape index (κ3) is 5.57. The molecule has 0 atom stereocenters. The Morgan fingerprint density at radius 3 is 2.24 bits per heavy atom. The maximum Gasteiger partial charge on any atom is 0.167 e. The second kappa shape index (κ2) is 14.2. The summed E-state index contributed by atoms with van der Waals surface area (Å²) in [5.74, 6) is 8.54. The van der Waals surface area contributed by atoms with Crippen molar-refractivity contribution in [2.75, 3.05) is 0 Å². The molecule has 0 amide bonds. The summed E-state index contributed by atoms with van der Waals surface area (Å²) in [5.41, 5.74) is 12.4. The minimum absolute atomic E-state index is 0.556.